The van der Waals surface area contributed by atoms with E-state index in [0.29, 0.717) is 6.42 Å². The van der Waals surface area contributed by atoms with Gasteiger partial charge in [0.05, 0.1) is 12.7 Å². The Balaban J connectivity index is 2.00. The molecule has 0 radical (unpaired) electrons. The van der Waals surface area contributed by atoms with Crippen molar-refractivity contribution in [2.75, 3.05) is 13.2 Å². The molecular weight excluding hydrogens is 250 g/mol. The van der Waals surface area contributed by atoms with Crippen LogP contribution in [0.2, 0.25) is 0 Å². The molecule has 4 atom stereocenters. The highest BCUT2D eigenvalue weighted by Crippen LogP contribution is 2.27. The predicted octanol–water partition coefficient (Wildman–Crippen LogP) is -1.43. The number of rotatable bonds is 4. The van der Waals surface area contributed by atoms with Gasteiger partial charge in [0.15, 0.2) is 0 Å². The van der Waals surface area contributed by atoms with Crippen molar-refractivity contribution in [1.82, 2.24) is 4.90 Å². The zero-order valence-corrected chi connectivity index (χ0v) is 10.3. The highest BCUT2D eigenvalue weighted by Gasteiger charge is 2.39. The van der Waals surface area contributed by atoms with Crippen molar-refractivity contribution in [3.05, 3.63) is 12.3 Å². The van der Waals surface area contributed by atoms with E-state index in [1.165, 1.54) is 4.90 Å². The van der Waals surface area contributed by atoms with Gasteiger partial charge in [-0.25, -0.2) is 4.99 Å². The summed E-state index contributed by atoms with van der Waals surface area (Å²) in [6.45, 7) is -0.0223. The Morgan fingerprint density at radius 3 is 3.11 bits per heavy atom. The minimum atomic E-state index is -1.10. The largest absolute Gasteiger partial charge is 0.394 e. The van der Waals surface area contributed by atoms with E-state index in [1.807, 2.05) is 0 Å². The van der Waals surface area contributed by atoms with Crippen molar-refractivity contribution in [3.63, 3.8) is 0 Å². The molecule has 2 aliphatic heterocycles. The van der Waals surface area contributed by atoms with Gasteiger partial charge in [0.1, 0.15) is 24.8 Å². The summed E-state index contributed by atoms with van der Waals surface area (Å²) in [4.78, 5) is 5.33. The lowest BCUT2D eigenvalue weighted by molar-refractivity contribution is -0.112. The van der Waals surface area contributed by atoms with E-state index in [0.717, 1.165) is 0 Å². The Labute approximate surface area is 111 Å². The summed E-state index contributed by atoms with van der Waals surface area (Å²) in [5.41, 5.74) is 5.48. The quantitative estimate of drug-likeness (QED) is 0.540. The Morgan fingerprint density at radius 2 is 2.47 bits per heavy atom. The normalized spacial score (nSPS) is 34.2. The molecule has 1 saturated heterocycles. The van der Waals surface area contributed by atoms with Crippen LogP contribution < -0.4 is 5.73 Å². The van der Waals surface area contributed by atoms with Crippen LogP contribution in [-0.2, 0) is 9.47 Å². The first-order valence-electron chi connectivity index (χ1n) is 5.94. The monoisotopic (exact) mass is 267 g/mol. The van der Waals surface area contributed by atoms with Gasteiger partial charge >= 0.3 is 0 Å². The van der Waals surface area contributed by atoms with Crippen molar-refractivity contribution in [3.8, 4) is 12.3 Å². The smallest absolute Gasteiger partial charge is 0.229 e. The lowest BCUT2D eigenvalue weighted by Gasteiger charge is -2.31. The molecule has 2 rings (SSSR count). The molecule has 0 aromatic rings. The zero-order chi connectivity index (χ0) is 13.8. The molecule has 104 valence electrons. The summed E-state index contributed by atoms with van der Waals surface area (Å²) in [5.74, 6) is 2.62. The van der Waals surface area contributed by atoms with Crippen LogP contribution in [0.1, 0.15) is 6.42 Å². The van der Waals surface area contributed by atoms with Gasteiger partial charge in [-0.3, -0.25) is 0 Å². The van der Waals surface area contributed by atoms with Crippen LogP contribution in [0, 0.1) is 12.3 Å². The molecule has 0 aromatic heterocycles. The van der Waals surface area contributed by atoms with Crippen molar-refractivity contribution < 1.29 is 19.7 Å². The topological polar surface area (TPSA) is 101 Å². The molecule has 0 aliphatic carbocycles. The summed E-state index contributed by atoms with van der Waals surface area (Å²) in [6, 6.07) is 0. The Hall–Kier alpha value is -1.59. The summed E-state index contributed by atoms with van der Waals surface area (Å²) in [7, 11) is 0. The van der Waals surface area contributed by atoms with Crippen LogP contribution in [-0.4, -0.2) is 59.0 Å². The second kappa shape index (κ2) is 6.04. The van der Waals surface area contributed by atoms with Crippen LogP contribution >= 0.6 is 0 Å². The van der Waals surface area contributed by atoms with E-state index < -0.39 is 18.7 Å². The molecule has 4 N–H and O–H groups in total. The van der Waals surface area contributed by atoms with E-state index in [2.05, 4.69) is 10.9 Å². The van der Waals surface area contributed by atoms with Gasteiger partial charge in [-0.05, 0) is 6.08 Å². The van der Waals surface area contributed by atoms with Gasteiger partial charge in [0, 0.05) is 12.6 Å². The first-order valence-corrected chi connectivity index (χ1v) is 5.94. The summed E-state index contributed by atoms with van der Waals surface area (Å²) >= 11 is 0. The van der Waals surface area contributed by atoms with E-state index in [4.69, 9.17) is 21.6 Å². The van der Waals surface area contributed by atoms with Crippen molar-refractivity contribution in [2.45, 2.75) is 31.2 Å². The molecule has 0 amide bonds. The third-order valence-electron chi connectivity index (χ3n) is 3.02. The van der Waals surface area contributed by atoms with Crippen LogP contribution in [0.4, 0.5) is 0 Å². The third kappa shape index (κ3) is 3.05. The number of nitrogens with two attached hydrogens (primary N) is 1. The summed E-state index contributed by atoms with van der Waals surface area (Å²) in [6.07, 6.45) is 6.47. The van der Waals surface area contributed by atoms with Gasteiger partial charge in [-0.1, -0.05) is 5.92 Å². The maximum absolute atomic E-state index is 9.81. The van der Waals surface area contributed by atoms with Crippen molar-refractivity contribution >= 4 is 5.84 Å². The molecule has 1 fully saturated rings. The van der Waals surface area contributed by atoms with Crippen LogP contribution in [0.25, 0.3) is 0 Å². The van der Waals surface area contributed by atoms with E-state index in [-0.39, 0.29) is 25.2 Å². The number of terminal acetylenes is 1. The van der Waals surface area contributed by atoms with E-state index in [9.17, 15) is 10.2 Å². The average molecular weight is 267 g/mol. The number of aliphatic hydroxyl groups is 2. The van der Waals surface area contributed by atoms with Gasteiger partial charge in [0.25, 0.3) is 0 Å². The van der Waals surface area contributed by atoms with Gasteiger partial charge < -0.3 is 30.3 Å². The molecule has 0 bridgehead atoms. The molecule has 0 aromatic carbocycles. The number of hydrogen-bond acceptors (Lipinski definition) is 7. The number of amidine groups is 1. The molecule has 2 unspecified atom stereocenters. The molecular formula is C12H17N3O4. The highest BCUT2D eigenvalue weighted by atomic mass is 16.6. The minimum absolute atomic E-state index is 0.154. The molecule has 19 heavy (non-hydrogen) atoms. The lowest BCUT2D eigenvalue weighted by atomic mass is 10.2. The summed E-state index contributed by atoms with van der Waals surface area (Å²) in [5, 5.41) is 19.1. The zero-order valence-electron chi connectivity index (χ0n) is 10.3. The first kappa shape index (κ1) is 13.8. The van der Waals surface area contributed by atoms with E-state index in [1.54, 1.807) is 12.3 Å². The fourth-order valence-corrected chi connectivity index (χ4v) is 2.11. The van der Waals surface area contributed by atoms with Gasteiger partial charge in [-0.2, -0.15) is 0 Å². The summed E-state index contributed by atoms with van der Waals surface area (Å²) < 4.78 is 11.0. The highest BCUT2D eigenvalue weighted by molar-refractivity contribution is 5.91. The van der Waals surface area contributed by atoms with Crippen molar-refractivity contribution in [2.24, 2.45) is 10.7 Å². The van der Waals surface area contributed by atoms with Gasteiger partial charge in [-0.15, -0.1) is 6.42 Å². The SMILES string of the molecule is C#CCOC1C[C@H](N2C=CC(N)=NC2O)O[C@@H]1CO. The van der Waals surface area contributed by atoms with Crippen LogP contribution in [0.3, 0.4) is 0 Å². The molecule has 2 aliphatic rings. The standard InChI is InChI=1S/C12H17N3O4/c1-2-5-18-8-6-11(19-9(8)7-16)15-4-3-10(13)14-12(15)17/h1,3-4,8-9,11-12,16-17H,5-7H2,(H2,13,14)/t8?,9-,11-,12?/m1/s1. The second-order valence-electron chi connectivity index (χ2n) is 4.26. The number of hydrogen-bond donors (Lipinski definition) is 3. The van der Waals surface area contributed by atoms with E-state index >= 15 is 0 Å². The number of aliphatic imine (C=N–C) groups is 1. The first-order chi connectivity index (χ1) is 9.15. The maximum Gasteiger partial charge on any atom is 0.229 e. The fraction of sp³-hybridized carbons (Fsp3) is 0.583. The number of nitrogens with zero attached hydrogens (tertiary/aromatic N) is 2. The lowest BCUT2D eigenvalue weighted by Crippen LogP contribution is -2.41. The van der Waals surface area contributed by atoms with Gasteiger partial charge in [0.2, 0.25) is 6.35 Å². The molecule has 7 nitrogen and oxygen atoms in total. The predicted molar refractivity (Wildman–Crippen MR) is 67.5 cm³/mol. The van der Waals surface area contributed by atoms with Crippen LogP contribution in [0.15, 0.2) is 17.3 Å². The number of aliphatic hydroxyl groups excluding tert-OH is 2. The van der Waals surface area contributed by atoms with Crippen LogP contribution in [0.5, 0.6) is 0 Å². The molecule has 0 spiro atoms. The maximum atomic E-state index is 9.81. The Morgan fingerprint density at radius 1 is 1.68 bits per heavy atom. The Bertz CT molecular complexity index is 418. The molecule has 7 heteroatoms. The molecule has 0 saturated carbocycles. The second-order valence-corrected chi connectivity index (χ2v) is 4.26. The minimum Gasteiger partial charge on any atom is -0.394 e. The molecule has 2 heterocycles. The number of ether oxygens (including phenoxy) is 2. The average Bonchev–Trinajstić information content (AvgIpc) is 2.79. The fourth-order valence-electron chi connectivity index (χ4n) is 2.11. The van der Waals surface area contributed by atoms with Crippen molar-refractivity contribution in [1.29, 1.82) is 0 Å². The third-order valence-corrected chi connectivity index (χ3v) is 3.02. The Kier molecular flexibility index (Phi) is 4.39.